The maximum atomic E-state index is 12.4. The highest BCUT2D eigenvalue weighted by molar-refractivity contribution is 7.14. The van der Waals surface area contributed by atoms with Gasteiger partial charge < -0.3 is 13.4 Å². The summed E-state index contributed by atoms with van der Waals surface area (Å²) >= 11 is 1.30. The van der Waals surface area contributed by atoms with E-state index in [4.69, 9.17) is 13.4 Å². The lowest BCUT2D eigenvalue weighted by molar-refractivity contribution is 0.101. The topological polar surface area (TPSA) is 94.3 Å². The second-order valence-electron chi connectivity index (χ2n) is 5.69. The average molecular weight is 377 g/mol. The van der Waals surface area contributed by atoms with Gasteiger partial charge in [-0.15, -0.1) is 11.3 Å². The lowest BCUT2D eigenvalue weighted by atomic mass is 10.2. The van der Waals surface area contributed by atoms with E-state index in [2.05, 4.69) is 15.5 Å². The smallest absolute Gasteiger partial charge is 0.279 e. The van der Waals surface area contributed by atoms with Gasteiger partial charge in [0.25, 0.3) is 5.91 Å². The van der Waals surface area contributed by atoms with E-state index < -0.39 is 5.91 Å². The Labute approximate surface area is 156 Å². The molecular weight excluding hydrogens is 366 g/mol. The van der Waals surface area contributed by atoms with Crippen LogP contribution in [0.25, 0.3) is 33.9 Å². The number of rotatable bonds is 4. The molecule has 1 N–H and O–H groups in total. The highest BCUT2D eigenvalue weighted by Crippen LogP contribution is 2.30. The van der Waals surface area contributed by atoms with Crippen molar-refractivity contribution in [1.29, 1.82) is 0 Å². The molecule has 0 atom stereocenters. The predicted molar refractivity (Wildman–Crippen MR) is 99.5 cm³/mol. The van der Waals surface area contributed by atoms with E-state index in [1.807, 2.05) is 35.7 Å². The quantitative estimate of drug-likeness (QED) is 0.471. The van der Waals surface area contributed by atoms with Crippen molar-refractivity contribution in [3.8, 4) is 23.0 Å². The number of nitrogens with zero attached hydrogens (tertiary/aromatic N) is 2. The maximum absolute atomic E-state index is 12.4. The fourth-order valence-electron chi connectivity index (χ4n) is 2.63. The molecule has 1 amide bonds. The number of anilines is 1. The van der Waals surface area contributed by atoms with Crippen molar-refractivity contribution in [1.82, 2.24) is 10.1 Å². The Balaban J connectivity index is 1.35. The van der Waals surface area contributed by atoms with Crippen molar-refractivity contribution in [3.05, 3.63) is 65.9 Å². The minimum Gasteiger partial charge on any atom is -0.461 e. The normalized spacial score (nSPS) is 11.1. The van der Waals surface area contributed by atoms with Crippen LogP contribution in [0.3, 0.4) is 0 Å². The maximum Gasteiger partial charge on any atom is 0.279 e. The fourth-order valence-corrected chi connectivity index (χ4v) is 3.33. The number of carbonyl (C=O) groups is 1. The lowest BCUT2D eigenvalue weighted by Crippen LogP contribution is -2.11. The highest BCUT2D eigenvalue weighted by atomic mass is 32.1. The van der Waals surface area contributed by atoms with Crippen molar-refractivity contribution in [3.63, 3.8) is 0 Å². The van der Waals surface area contributed by atoms with Crippen LogP contribution in [-0.4, -0.2) is 16.0 Å². The number of furan rings is 2. The Bertz CT molecular complexity index is 1200. The summed E-state index contributed by atoms with van der Waals surface area (Å²) in [5, 5.41) is 9.75. The zero-order valence-corrected chi connectivity index (χ0v) is 14.5. The third-order valence-electron chi connectivity index (χ3n) is 3.91. The van der Waals surface area contributed by atoms with E-state index in [0.717, 1.165) is 11.0 Å². The van der Waals surface area contributed by atoms with Crippen molar-refractivity contribution in [2.75, 3.05) is 5.32 Å². The zero-order valence-electron chi connectivity index (χ0n) is 13.7. The number of aromatic nitrogens is 2. The summed E-state index contributed by atoms with van der Waals surface area (Å²) in [5.74, 6) is 1.12. The Morgan fingerprint density at radius 1 is 1.04 bits per heavy atom. The molecule has 0 spiro atoms. The zero-order chi connectivity index (χ0) is 18.2. The molecule has 4 heterocycles. The standard InChI is InChI=1S/C19H11N3O4S/c23-18(12-9-17(26-22-12)15-6-3-7-24-15)21-19-20-13(10-27-19)16-8-11-4-1-2-5-14(11)25-16/h1-10H,(H,20,21,23). The number of para-hydroxylation sites is 1. The van der Waals surface area contributed by atoms with Crippen LogP contribution >= 0.6 is 11.3 Å². The number of fused-ring (bicyclic) bond motifs is 1. The molecule has 0 aliphatic heterocycles. The van der Waals surface area contributed by atoms with Crippen molar-refractivity contribution in [2.45, 2.75) is 0 Å². The molecule has 7 nitrogen and oxygen atoms in total. The molecule has 0 fully saturated rings. The highest BCUT2D eigenvalue weighted by Gasteiger charge is 2.17. The van der Waals surface area contributed by atoms with Gasteiger partial charge in [-0.05, 0) is 24.3 Å². The first-order valence-electron chi connectivity index (χ1n) is 8.03. The molecule has 0 saturated heterocycles. The van der Waals surface area contributed by atoms with Crippen LogP contribution in [0.5, 0.6) is 0 Å². The minimum absolute atomic E-state index is 0.141. The third kappa shape index (κ3) is 2.91. The van der Waals surface area contributed by atoms with Gasteiger partial charge in [0.1, 0.15) is 11.3 Å². The predicted octanol–water partition coefficient (Wildman–Crippen LogP) is 5.06. The van der Waals surface area contributed by atoms with Crippen molar-refractivity contribution in [2.24, 2.45) is 0 Å². The minimum atomic E-state index is -0.415. The number of thiazole rings is 1. The summed E-state index contributed by atoms with van der Waals surface area (Å²) in [5.41, 5.74) is 1.59. The van der Waals surface area contributed by atoms with Gasteiger partial charge in [-0.1, -0.05) is 23.4 Å². The van der Waals surface area contributed by atoms with Gasteiger partial charge in [0.15, 0.2) is 22.3 Å². The van der Waals surface area contributed by atoms with Crippen LogP contribution in [0.15, 0.2) is 73.5 Å². The molecular formula is C19H11N3O4S. The van der Waals surface area contributed by atoms with Gasteiger partial charge in [0.2, 0.25) is 5.76 Å². The van der Waals surface area contributed by atoms with Crippen LogP contribution in [0, 0.1) is 0 Å². The molecule has 5 rings (SSSR count). The van der Waals surface area contributed by atoms with E-state index in [1.54, 1.807) is 12.1 Å². The fraction of sp³-hybridized carbons (Fsp3) is 0. The molecule has 0 bridgehead atoms. The first-order valence-corrected chi connectivity index (χ1v) is 8.91. The molecule has 0 aliphatic rings. The second kappa shape index (κ2) is 6.26. The third-order valence-corrected chi connectivity index (χ3v) is 4.67. The average Bonchev–Trinajstić information content (AvgIpc) is 3.47. The number of carbonyl (C=O) groups excluding carboxylic acids is 1. The van der Waals surface area contributed by atoms with Crippen LogP contribution in [0.4, 0.5) is 5.13 Å². The van der Waals surface area contributed by atoms with Gasteiger partial charge in [-0.2, -0.15) is 0 Å². The number of hydrogen-bond donors (Lipinski definition) is 1. The molecule has 1 aromatic carbocycles. The van der Waals surface area contributed by atoms with E-state index in [-0.39, 0.29) is 5.69 Å². The summed E-state index contributed by atoms with van der Waals surface area (Å²) in [7, 11) is 0. The molecule has 0 saturated carbocycles. The van der Waals surface area contributed by atoms with Crippen LogP contribution in [0.2, 0.25) is 0 Å². The van der Waals surface area contributed by atoms with Crippen LogP contribution < -0.4 is 5.32 Å². The molecule has 8 heteroatoms. The molecule has 0 radical (unpaired) electrons. The summed E-state index contributed by atoms with van der Waals surface area (Å²) in [6.07, 6.45) is 1.52. The van der Waals surface area contributed by atoms with Crippen molar-refractivity contribution >= 4 is 33.3 Å². The van der Waals surface area contributed by atoms with E-state index in [9.17, 15) is 4.79 Å². The molecule has 0 unspecified atom stereocenters. The summed E-state index contributed by atoms with van der Waals surface area (Å²) in [4.78, 5) is 16.8. The Morgan fingerprint density at radius 2 is 1.96 bits per heavy atom. The molecule has 27 heavy (non-hydrogen) atoms. The summed E-state index contributed by atoms with van der Waals surface area (Å²) in [6.45, 7) is 0. The van der Waals surface area contributed by atoms with Gasteiger partial charge >= 0.3 is 0 Å². The van der Waals surface area contributed by atoms with Gasteiger partial charge in [0, 0.05) is 16.8 Å². The Morgan fingerprint density at radius 3 is 2.81 bits per heavy atom. The van der Waals surface area contributed by atoms with Crippen LogP contribution in [-0.2, 0) is 0 Å². The number of nitrogens with one attached hydrogen (secondary N) is 1. The Hall–Kier alpha value is -3.65. The van der Waals surface area contributed by atoms with Crippen LogP contribution in [0.1, 0.15) is 10.5 Å². The van der Waals surface area contributed by atoms with E-state index >= 15 is 0 Å². The lowest BCUT2D eigenvalue weighted by Gasteiger charge is -1.96. The van der Waals surface area contributed by atoms with Crippen molar-refractivity contribution < 1.29 is 18.2 Å². The van der Waals surface area contributed by atoms with Gasteiger partial charge in [-0.25, -0.2) is 4.98 Å². The first kappa shape index (κ1) is 15.6. The molecule has 132 valence electrons. The summed E-state index contributed by atoms with van der Waals surface area (Å²) < 4.78 is 16.2. The largest absolute Gasteiger partial charge is 0.461 e. The monoisotopic (exact) mass is 377 g/mol. The molecule has 0 aliphatic carbocycles. The molecule has 5 aromatic rings. The van der Waals surface area contributed by atoms with Gasteiger partial charge in [-0.3, -0.25) is 10.1 Å². The number of amides is 1. The number of hydrogen-bond acceptors (Lipinski definition) is 7. The second-order valence-corrected chi connectivity index (χ2v) is 6.55. The van der Waals surface area contributed by atoms with Gasteiger partial charge in [0.05, 0.1) is 6.26 Å². The molecule has 4 aromatic heterocycles. The van der Waals surface area contributed by atoms with E-state index in [0.29, 0.717) is 28.1 Å². The first-order chi connectivity index (χ1) is 13.3. The van der Waals surface area contributed by atoms with E-state index in [1.165, 1.54) is 23.7 Å². The Kier molecular flexibility index (Phi) is 3.61. The summed E-state index contributed by atoms with van der Waals surface area (Å²) in [6, 6.07) is 14.6. The SMILES string of the molecule is O=C(Nc1nc(-c2cc3ccccc3o2)cs1)c1cc(-c2ccco2)on1. The number of benzene rings is 1.